The summed E-state index contributed by atoms with van der Waals surface area (Å²) >= 11 is 0. The molecule has 0 bridgehead atoms. The number of alkyl halides is 3. The van der Waals surface area contributed by atoms with E-state index in [0.29, 0.717) is 0 Å². The standard InChI is InChI=1S/C14H11F4O3P/c15-11-8-6-10(7-9-11)13(14(16,17)18)21-22(19,20)12-4-2-1-3-5-12/h1-9,13H,(H,19,20). The van der Waals surface area contributed by atoms with Crippen LogP contribution >= 0.6 is 7.60 Å². The van der Waals surface area contributed by atoms with E-state index < -0.39 is 31.3 Å². The molecule has 118 valence electrons. The minimum atomic E-state index is -4.93. The van der Waals surface area contributed by atoms with Crippen LogP contribution < -0.4 is 5.30 Å². The highest BCUT2D eigenvalue weighted by atomic mass is 31.2. The molecule has 0 aliphatic heterocycles. The first-order valence-electron chi connectivity index (χ1n) is 6.09. The molecule has 2 aromatic carbocycles. The quantitative estimate of drug-likeness (QED) is 0.680. The Kier molecular flexibility index (Phi) is 4.70. The van der Waals surface area contributed by atoms with Crippen molar-refractivity contribution in [3.05, 3.63) is 66.0 Å². The Morgan fingerprint density at radius 1 is 1.00 bits per heavy atom. The Bertz CT molecular complexity index is 671. The molecule has 2 rings (SSSR count). The van der Waals surface area contributed by atoms with Crippen LogP contribution in [-0.2, 0) is 9.09 Å². The van der Waals surface area contributed by atoms with Crippen LogP contribution in [0, 0.1) is 5.82 Å². The second-order valence-corrected chi connectivity index (χ2v) is 6.20. The molecule has 0 aliphatic carbocycles. The van der Waals surface area contributed by atoms with Crippen molar-refractivity contribution in [3.63, 3.8) is 0 Å². The fourth-order valence-electron chi connectivity index (χ4n) is 1.77. The van der Waals surface area contributed by atoms with Crippen LogP contribution in [0.25, 0.3) is 0 Å². The summed E-state index contributed by atoms with van der Waals surface area (Å²) in [6.45, 7) is 0. The third kappa shape index (κ3) is 3.94. The van der Waals surface area contributed by atoms with Crippen molar-refractivity contribution < 1.29 is 31.5 Å². The number of rotatable bonds is 4. The van der Waals surface area contributed by atoms with Gasteiger partial charge in [0.2, 0.25) is 0 Å². The maximum atomic E-state index is 13.1. The highest BCUT2D eigenvalue weighted by Crippen LogP contribution is 2.50. The maximum Gasteiger partial charge on any atom is 0.419 e. The molecule has 0 aromatic heterocycles. The minimum Gasteiger partial charge on any atom is -0.321 e. The van der Waals surface area contributed by atoms with Crippen molar-refractivity contribution in [3.8, 4) is 0 Å². The van der Waals surface area contributed by atoms with Crippen molar-refractivity contribution in [2.75, 3.05) is 0 Å². The molecule has 2 atom stereocenters. The zero-order chi connectivity index (χ0) is 16.4. The molecule has 0 heterocycles. The third-order valence-corrected chi connectivity index (χ3v) is 4.25. The molecule has 2 aromatic rings. The van der Waals surface area contributed by atoms with E-state index in [1.54, 1.807) is 6.07 Å². The molecule has 3 nitrogen and oxygen atoms in total. The van der Waals surface area contributed by atoms with Gasteiger partial charge in [0.25, 0.3) is 0 Å². The normalized spacial score (nSPS) is 16.0. The molecule has 0 aliphatic rings. The summed E-state index contributed by atoms with van der Waals surface area (Å²) in [7, 11) is -4.69. The number of hydrogen-bond donors (Lipinski definition) is 1. The van der Waals surface area contributed by atoms with E-state index in [-0.39, 0.29) is 5.30 Å². The summed E-state index contributed by atoms with van der Waals surface area (Å²) in [6.07, 6.45) is -7.56. The van der Waals surface area contributed by atoms with Crippen LogP contribution in [0.2, 0.25) is 0 Å². The van der Waals surface area contributed by atoms with Crippen LogP contribution in [0.15, 0.2) is 54.6 Å². The van der Waals surface area contributed by atoms with Crippen molar-refractivity contribution in [2.45, 2.75) is 12.3 Å². The molecule has 1 N–H and O–H groups in total. The van der Waals surface area contributed by atoms with Gasteiger partial charge in [0, 0.05) is 0 Å². The Morgan fingerprint density at radius 2 is 1.55 bits per heavy atom. The van der Waals surface area contributed by atoms with E-state index in [1.807, 2.05) is 0 Å². The summed E-state index contributed by atoms with van der Waals surface area (Å²) in [5.41, 5.74) is -0.459. The average Bonchev–Trinajstić information content (AvgIpc) is 2.46. The van der Waals surface area contributed by atoms with Crippen molar-refractivity contribution in [2.24, 2.45) is 0 Å². The van der Waals surface area contributed by atoms with E-state index >= 15 is 0 Å². The van der Waals surface area contributed by atoms with Gasteiger partial charge in [-0.05, 0) is 29.8 Å². The van der Waals surface area contributed by atoms with E-state index in [1.165, 1.54) is 24.3 Å². The van der Waals surface area contributed by atoms with Crippen molar-refractivity contribution in [1.29, 1.82) is 0 Å². The van der Waals surface area contributed by atoms with E-state index in [4.69, 9.17) is 0 Å². The maximum absolute atomic E-state index is 13.1. The monoisotopic (exact) mass is 334 g/mol. The lowest BCUT2D eigenvalue weighted by Gasteiger charge is -2.24. The molecule has 0 saturated carbocycles. The minimum absolute atomic E-state index is 0.258. The first kappa shape index (κ1) is 16.7. The van der Waals surface area contributed by atoms with Gasteiger partial charge < -0.3 is 4.89 Å². The first-order chi connectivity index (χ1) is 10.2. The molecule has 0 saturated heterocycles. The van der Waals surface area contributed by atoms with Gasteiger partial charge in [-0.2, -0.15) is 13.2 Å². The van der Waals surface area contributed by atoms with E-state index in [2.05, 4.69) is 4.52 Å². The lowest BCUT2D eigenvalue weighted by molar-refractivity contribution is -0.199. The molecule has 0 amide bonds. The molecule has 0 spiro atoms. The van der Waals surface area contributed by atoms with Crippen molar-refractivity contribution >= 4 is 12.9 Å². The highest BCUT2D eigenvalue weighted by molar-refractivity contribution is 7.61. The lowest BCUT2D eigenvalue weighted by Crippen LogP contribution is -2.24. The molecule has 2 unspecified atom stereocenters. The fraction of sp³-hybridized carbons (Fsp3) is 0.143. The van der Waals surface area contributed by atoms with Gasteiger partial charge in [-0.3, -0.25) is 9.09 Å². The molecule has 22 heavy (non-hydrogen) atoms. The summed E-state index contributed by atoms with van der Waals surface area (Å²) in [5, 5.41) is -0.258. The molecule has 0 radical (unpaired) electrons. The molecule has 8 heteroatoms. The molecular weight excluding hydrogens is 323 g/mol. The Hall–Kier alpha value is -1.69. The van der Waals surface area contributed by atoms with Crippen LogP contribution in [0.5, 0.6) is 0 Å². The lowest BCUT2D eigenvalue weighted by atomic mass is 10.1. The smallest absolute Gasteiger partial charge is 0.321 e. The fourth-order valence-corrected chi connectivity index (χ4v) is 2.96. The van der Waals surface area contributed by atoms with Gasteiger partial charge in [0.15, 0.2) is 6.10 Å². The third-order valence-electron chi connectivity index (χ3n) is 2.80. The van der Waals surface area contributed by atoms with Crippen LogP contribution in [0.3, 0.4) is 0 Å². The highest BCUT2D eigenvalue weighted by Gasteiger charge is 2.46. The second kappa shape index (κ2) is 6.20. The average molecular weight is 334 g/mol. The SMILES string of the molecule is O=P(O)(OC(c1ccc(F)cc1)C(F)(F)F)c1ccccc1. The first-order valence-corrected chi connectivity index (χ1v) is 7.67. The zero-order valence-corrected chi connectivity index (χ0v) is 11.9. The van der Waals surface area contributed by atoms with Gasteiger partial charge in [-0.25, -0.2) is 4.39 Å². The summed E-state index contributed by atoms with van der Waals surface area (Å²) < 4.78 is 68.7. The number of halogens is 4. The molecular formula is C14H11F4O3P. The largest absolute Gasteiger partial charge is 0.419 e. The summed E-state index contributed by atoms with van der Waals surface area (Å²) in [4.78, 5) is 9.79. The van der Waals surface area contributed by atoms with Gasteiger partial charge >= 0.3 is 13.8 Å². The zero-order valence-electron chi connectivity index (χ0n) is 11.0. The second-order valence-electron chi connectivity index (χ2n) is 4.43. The van der Waals surface area contributed by atoms with Gasteiger partial charge in [0.05, 0.1) is 5.30 Å². The van der Waals surface area contributed by atoms with Crippen LogP contribution in [0.4, 0.5) is 17.6 Å². The van der Waals surface area contributed by atoms with Gasteiger partial charge in [-0.1, -0.05) is 30.3 Å². The van der Waals surface area contributed by atoms with Crippen LogP contribution in [-0.4, -0.2) is 11.1 Å². The van der Waals surface area contributed by atoms with E-state index in [0.717, 1.165) is 24.3 Å². The van der Waals surface area contributed by atoms with Gasteiger partial charge in [0.1, 0.15) is 5.82 Å². The van der Waals surface area contributed by atoms with E-state index in [9.17, 15) is 27.0 Å². The summed E-state index contributed by atoms with van der Waals surface area (Å²) in [5.74, 6) is -0.722. The Morgan fingerprint density at radius 3 is 2.05 bits per heavy atom. The number of benzene rings is 2. The topological polar surface area (TPSA) is 46.5 Å². The Labute approximate surface area is 123 Å². The molecule has 0 fully saturated rings. The Balaban J connectivity index is 2.36. The predicted molar refractivity (Wildman–Crippen MR) is 72.2 cm³/mol. The summed E-state index contributed by atoms with van der Waals surface area (Å²) in [6, 6.07) is 10.1. The predicted octanol–water partition coefficient (Wildman–Crippen LogP) is 3.96. The number of hydrogen-bond acceptors (Lipinski definition) is 2. The van der Waals surface area contributed by atoms with Crippen LogP contribution in [0.1, 0.15) is 11.7 Å². The van der Waals surface area contributed by atoms with Crippen molar-refractivity contribution in [1.82, 2.24) is 0 Å². The van der Waals surface area contributed by atoms with Gasteiger partial charge in [-0.15, -0.1) is 0 Å².